The van der Waals surface area contributed by atoms with Crippen LogP contribution in [0.3, 0.4) is 0 Å². The van der Waals surface area contributed by atoms with Crippen LogP contribution in [0.4, 0.5) is 13.2 Å². The van der Waals surface area contributed by atoms with E-state index >= 15 is 4.39 Å². The van der Waals surface area contributed by atoms with Crippen LogP contribution in [0.1, 0.15) is 55.5 Å². The van der Waals surface area contributed by atoms with Crippen LogP contribution in [-0.2, 0) is 21.4 Å². The lowest BCUT2D eigenvalue weighted by Crippen LogP contribution is -2.46. The molecule has 1 fully saturated rings. The van der Waals surface area contributed by atoms with E-state index in [1.165, 1.54) is 38.1 Å². The van der Waals surface area contributed by atoms with Crippen LogP contribution in [0.15, 0.2) is 41.3 Å². The second-order valence-corrected chi connectivity index (χ2v) is 10.9. The van der Waals surface area contributed by atoms with Gasteiger partial charge >= 0.3 is 0 Å². The van der Waals surface area contributed by atoms with Crippen LogP contribution < -0.4 is 5.32 Å². The van der Waals surface area contributed by atoms with Crippen molar-refractivity contribution in [3.63, 3.8) is 0 Å². The molecule has 0 radical (unpaired) electrons. The first-order chi connectivity index (χ1) is 16.4. The maximum atomic E-state index is 15.0. The van der Waals surface area contributed by atoms with Crippen LogP contribution in [0.5, 0.6) is 0 Å². The lowest BCUT2D eigenvalue weighted by molar-refractivity contribution is -0.118. The predicted octanol–water partition coefficient (Wildman–Crippen LogP) is 4.80. The van der Waals surface area contributed by atoms with E-state index in [1.807, 2.05) is 0 Å². The van der Waals surface area contributed by atoms with E-state index in [1.54, 1.807) is 0 Å². The molecule has 35 heavy (non-hydrogen) atoms. The van der Waals surface area contributed by atoms with E-state index in [4.69, 9.17) is 11.6 Å². The second-order valence-electron chi connectivity index (χ2n) is 8.58. The zero-order valence-electron chi connectivity index (χ0n) is 19.2. The molecule has 2 unspecified atom stereocenters. The van der Waals surface area contributed by atoms with Gasteiger partial charge in [-0.05, 0) is 57.0 Å². The molecule has 2 aromatic carbocycles. The van der Waals surface area contributed by atoms with E-state index in [2.05, 4.69) is 5.32 Å². The van der Waals surface area contributed by atoms with E-state index in [-0.39, 0.29) is 29.1 Å². The van der Waals surface area contributed by atoms with E-state index in [0.29, 0.717) is 17.9 Å². The number of hydrogen-bond acceptors (Lipinski definition) is 4. The first-order valence-corrected chi connectivity index (χ1v) is 12.9. The molecule has 190 valence electrons. The van der Waals surface area contributed by atoms with Gasteiger partial charge in [-0.25, -0.2) is 21.6 Å². The second kappa shape index (κ2) is 11.1. The average molecular weight is 531 g/mol. The number of rotatable bonds is 8. The Bertz CT molecular complexity index is 1210. The topological polar surface area (TPSA) is 83.6 Å². The summed E-state index contributed by atoms with van der Waals surface area (Å²) >= 11 is 5.86. The summed E-state index contributed by atoms with van der Waals surface area (Å²) < 4.78 is 72.5. The summed E-state index contributed by atoms with van der Waals surface area (Å²) in [5.74, 6) is -4.26. The number of amides is 1. The summed E-state index contributed by atoms with van der Waals surface area (Å²) in [6.07, 6.45) is 0.0835. The third-order valence-corrected chi connectivity index (χ3v) is 8.27. The quantitative estimate of drug-likeness (QED) is 0.531. The molecule has 1 amide bonds. The van der Waals surface area contributed by atoms with Crippen molar-refractivity contribution in [1.29, 1.82) is 0 Å². The minimum absolute atomic E-state index is 0.154. The number of ketones is 1. The standard InChI is InChI=1S/C24H26ClF3N2O4S/c1-14(15(2)31)29-24(32)19-12-7-16(22(27)23(19)28)13-30(21-6-4-3-5-20(21)26)35(33,34)18-10-8-17(25)9-11-18/h7-12,14,20-21H,3-6,13H2,1-2H3,(H,29,32)/t14-,20?,21?/m0/s1. The Morgan fingerprint density at radius 3 is 2.31 bits per heavy atom. The summed E-state index contributed by atoms with van der Waals surface area (Å²) in [7, 11) is -4.30. The predicted molar refractivity (Wildman–Crippen MR) is 125 cm³/mol. The van der Waals surface area contributed by atoms with Gasteiger partial charge in [0.15, 0.2) is 17.4 Å². The number of Topliss-reactive ketones (excluding diaryl/α,β-unsaturated/α-hetero) is 1. The highest BCUT2D eigenvalue weighted by molar-refractivity contribution is 7.89. The maximum Gasteiger partial charge on any atom is 0.254 e. The summed E-state index contributed by atoms with van der Waals surface area (Å²) in [6, 6.07) is 5.40. The fourth-order valence-electron chi connectivity index (χ4n) is 3.94. The SMILES string of the molecule is CC(=O)[C@H](C)NC(=O)c1ccc(CN(C2CCCCC2F)S(=O)(=O)c2ccc(Cl)cc2)c(F)c1F. The number of sulfonamides is 1. The number of nitrogens with one attached hydrogen (secondary N) is 1. The van der Waals surface area contributed by atoms with Crippen LogP contribution in [-0.4, -0.2) is 42.7 Å². The Kier molecular flexibility index (Phi) is 8.61. The molecule has 0 aliphatic heterocycles. The summed E-state index contributed by atoms with van der Waals surface area (Å²) in [5, 5.41) is 2.57. The van der Waals surface area contributed by atoms with Crippen LogP contribution in [0.2, 0.25) is 5.02 Å². The first-order valence-electron chi connectivity index (χ1n) is 11.1. The molecule has 11 heteroatoms. The van der Waals surface area contributed by atoms with Gasteiger partial charge in [0.05, 0.1) is 22.5 Å². The van der Waals surface area contributed by atoms with Gasteiger partial charge in [-0.1, -0.05) is 30.5 Å². The third kappa shape index (κ3) is 6.05. The van der Waals surface area contributed by atoms with Crippen molar-refractivity contribution in [2.24, 2.45) is 0 Å². The number of alkyl halides is 1. The number of carbonyl (C=O) groups excluding carboxylic acids is 2. The van der Waals surface area contributed by atoms with Crippen LogP contribution in [0.25, 0.3) is 0 Å². The normalized spacial score (nSPS) is 19.4. The Balaban J connectivity index is 1.98. The van der Waals surface area contributed by atoms with Crippen LogP contribution >= 0.6 is 11.6 Å². The molecule has 0 bridgehead atoms. The highest BCUT2D eigenvalue weighted by Gasteiger charge is 2.38. The molecule has 6 nitrogen and oxygen atoms in total. The summed E-state index contributed by atoms with van der Waals surface area (Å²) in [5.41, 5.74) is -0.985. The molecule has 0 aromatic heterocycles. The van der Waals surface area contributed by atoms with E-state index in [9.17, 15) is 26.8 Å². The molecule has 3 rings (SSSR count). The Labute approximate surface area is 207 Å². The highest BCUT2D eigenvalue weighted by Crippen LogP contribution is 2.32. The molecular formula is C24H26ClF3N2O4S. The van der Waals surface area contributed by atoms with E-state index in [0.717, 1.165) is 16.4 Å². The van der Waals surface area contributed by atoms with E-state index < -0.39 is 57.9 Å². The number of carbonyl (C=O) groups is 2. The fraction of sp³-hybridized carbons (Fsp3) is 0.417. The van der Waals surface area contributed by atoms with Gasteiger partial charge in [-0.3, -0.25) is 9.59 Å². The number of benzene rings is 2. The van der Waals surface area contributed by atoms with Crippen molar-refractivity contribution >= 4 is 33.3 Å². The maximum absolute atomic E-state index is 15.0. The monoisotopic (exact) mass is 530 g/mol. The first kappa shape index (κ1) is 27.2. The number of nitrogens with zero attached hydrogens (tertiary/aromatic N) is 1. The van der Waals surface area contributed by atoms with Gasteiger partial charge in [-0.15, -0.1) is 0 Å². The summed E-state index contributed by atoms with van der Waals surface area (Å²) in [6.45, 7) is 2.01. The van der Waals surface area contributed by atoms with Crippen molar-refractivity contribution in [3.05, 3.63) is 64.2 Å². The number of hydrogen-bond donors (Lipinski definition) is 1. The average Bonchev–Trinajstić information content (AvgIpc) is 2.80. The highest BCUT2D eigenvalue weighted by atomic mass is 35.5. The zero-order valence-corrected chi connectivity index (χ0v) is 20.8. The molecule has 0 saturated heterocycles. The minimum atomic E-state index is -4.30. The third-order valence-electron chi connectivity index (χ3n) is 6.13. The Morgan fingerprint density at radius 1 is 1.09 bits per heavy atom. The van der Waals surface area contributed by atoms with Crippen molar-refractivity contribution in [2.75, 3.05) is 0 Å². The Hall–Kier alpha value is -2.43. The molecule has 1 N–H and O–H groups in total. The molecule has 1 aliphatic rings. The van der Waals surface area contributed by atoms with Crippen molar-refractivity contribution in [3.8, 4) is 0 Å². The van der Waals surface area contributed by atoms with Gasteiger partial charge in [-0.2, -0.15) is 4.31 Å². The van der Waals surface area contributed by atoms with Gasteiger partial charge < -0.3 is 5.32 Å². The number of halogens is 4. The molecule has 1 aliphatic carbocycles. The van der Waals surface area contributed by atoms with Crippen molar-refractivity contribution < 1.29 is 31.2 Å². The van der Waals surface area contributed by atoms with Crippen LogP contribution in [0, 0.1) is 11.6 Å². The molecular weight excluding hydrogens is 505 g/mol. The lowest BCUT2D eigenvalue weighted by atomic mass is 9.93. The largest absolute Gasteiger partial charge is 0.342 e. The molecule has 3 atom stereocenters. The zero-order chi connectivity index (χ0) is 25.9. The van der Waals surface area contributed by atoms with Gasteiger partial charge in [0.1, 0.15) is 6.17 Å². The van der Waals surface area contributed by atoms with Crippen molar-refractivity contribution in [2.45, 2.75) is 69.2 Å². The fourth-order valence-corrected chi connectivity index (χ4v) is 5.72. The molecule has 1 saturated carbocycles. The minimum Gasteiger partial charge on any atom is -0.342 e. The van der Waals surface area contributed by atoms with Gasteiger partial charge in [0, 0.05) is 17.1 Å². The lowest BCUT2D eigenvalue weighted by Gasteiger charge is -2.35. The summed E-state index contributed by atoms with van der Waals surface area (Å²) in [4.78, 5) is 23.5. The smallest absolute Gasteiger partial charge is 0.254 e. The van der Waals surface area contributed by atoms with Crippen molar-refractivity contribution in [1.82, 2.24) is 9.62 Å². The van der Waals surface area contributed by atoms with Gasteiger partial charge in [0.2, 0.25) is 10.0 Å². The Morgan fingerprint density at radius 2 is 1.71 bits per heavy atom. The van der Waals surface area contributed by atoms with Gasteiger partial charge in [0.25, 0.3) is 5.91 Å². The molecule has 2 aromatic rings. The molecule has 0 spiro atoms. The molecule has 0 heterocycles.